The molecule has 7 nitrogen and oxygen atoms in total. The molecule has 26 heavy (non-hydrogen) atoms. The summed E-state index contributed by atoms with van der Waals surface area (Å²) in [6.45, 7) is 2.00. The molecule has 0 saturated heterocycles. The van der Waals surface area contributed by atoms with E-state index in [4.69, 9.17) is 4.42 Å². The van der Waals surface area contributed by atoms with Crippen LogP contribution in [-0.2, 0) is 18.6 Å². The van der Waals surface area contributed by atoms with Gasteiger partial charge in [0.05, 0.1) is 12.1 Å². The molecule has 3 heterocycles. The van der Waals surface area contributed by atoms with Gasteiger partial charge in [0.25, 0.3) is 10.8 Å². The van der Waals surface area contributed by atoms with E-state index >= 15 is 0 Å². The maximum Gasteiger partial charge on any atom is 0.276 e. The van der Waals surface area contributed by atoms with Crippen LogP contribution in [0.1, 0.15) is 29.1 Å². The average Bonchev–Trinajstić information content (AvgIpc) is 3.27. The maximum atomic E-state index is 12.2. The minimum absolute atomic E-state index is 0.170. The summed E-state index contributed by atoms with van der Waals surface area (Å²) in [5.74, 6) is 1.05. The number of hydrogen-bond acceptors (Lipinski definition) is 8. The molecule has 0 radical (unpaired) electrons. The van der Waals surface area contributed by atoms with Gasteiger partial charge in [-0.2, -0.15) is 9.61 Å². The first kappa shape index (κ1) is 16.9. The van der Waals surface area contributed by atoms with Gasteiger partial charge >= 0.3 is 0 Å². The summed E-state index contributed by atoms with van der Waals surface area (Å²) in [7, 11) is 0. The van der Waals surface area contributed by atoms with Crippen LogP contribution in [-0.4, -0.2) is 24.8 Å². The van der Waals surface area contributed by atoms with E-state index in [1.54, 1.807) is 0 Å². The first-order valence-corrected chi connectivity index (χ1v) is 9.89. The number of benzene rings is 1. The molecule has 0 aliphatic heterocycles. The lowest BCUT2D eigenvalue weighted by molar-refractivity contribution is 0.420. The lowest BCUT2D eigenvalue weighted by Gasteiger charge is -1.97. The smallest absolute Gasteiger partial charge is 0.276 e. The molecule has 132 valence electrons. The number of thioether (sulfide) groups is 1. The normalized spacial score (nSPS) is 11.3. The maximum absolute atomic E-state index is 12.2. The van der Waals surface area contributed by atoms with Gasteiger partial charge in [-0.3, -0.25) is 4.79 Å². The number of aromatic nitrogens is 5. The zero-order valence-corrected chi connectivity index (χ0v) is 15.6. The Morgan fingerprint density at radius 3 is 2.88 bits per heavy atom. The summed E-state index contributed by atoms with van der Waals surface area (Å²) in [6, 6.07) is 11.5. The second-order valence-electron chi connectivity index (χ2n) is 5.54. The van der Waals surface area contributed by atoms with Crippen LogP contribution >= 0.6 is 23.1 Å². The van der Waals surface area contributed by atoms with Crippen molar-refractivity contribution >= 4 is 28.1 Å². The summed E-state index contributed by atoms with van der Waals surface area (Å²) in [5.41, 5.74) is 1.62. The largest absolute Gasteiger partial charge is 0.416 e. The highest BCUT2D eigenvalue weighted by Gasteiger charge is 2.11. The van der Waals surface area contributed by atoms with Gasteiger partial charge in [0.2, 0.25) is 10.9 Å². The van der Waals surface area contributed by atoms with Crippen molar-refractivity contribution < 1.29 is 4.42 Å². The average molecular weight is 385 g/mol. The summed E-state index contributed by atoms with van der Waals surface area (Å²) >= 11 is 2.80. The number of hydrogen-bond donors (Lipinski definition) is 0. The number of nitrogens with zero attached hydrogens (tertiary/aromatic N) is 5. The molecule has 0 saturated carbocycles. The Labute approximate surface area is 157 Å². The van der Waals surface area contributed by atoms with E-state index in [2.05, 4.69) is 20.3 Å². The van der Waals surface area contributed by atoms with Gasteiger partial charge in [0, 0.05) is 11.8 Å². The highest BCUT2D eigenvalue weighted by Crippen LogP contribution is 2.22. The third-order valence-corrected chi connectivity index (χ3v) is 5.54. The van der Waals surface area contributed by atoms with E-state index in [9.17, 15) is 4.79 Å². The van der Waals surface area contributed by atoms with E-state index in [1.807, 2.05) is 37.3 Å². The fourth-order valence-corrected chi connectivity index (χ4v) is 3.92. The monoisotopic (exact) mass is 385 g/mol. The lowest BCUT2D eigenvalue weighted by atomic mass is 10.2. The molecule has 9 heteroatoms. The van der Waals surface area contributed by atoms with E-state index in [0.29, 0.717) is 33.9 Å². The highest BCUT2D eigenvalue weighted by atomic mass is 32.2. The van der Waals surface area contributed by atoms with Crippen molar-refractivity contribution in [2.75, 3.05) is 0 Å². The van der Waals surface area contributed by atoms with Crippen molar-refractivity contribution in [3.63, 3.8) is 0 Å². The van der Waals surface area contributed by atoms with Gasteiger partial charge in [-0.1, -0.05) is 60.4 Å². The molecular weight excluding hydrogens is 370 g/mol. The van der Waals surface area contributed by atoms with Crippen LogP contribution in [0, 0.1) is 0 Å². The molecule has 0 bridgehead atoms. The molecule has 0 unspecified atom stereocenters. The molecule has 1 aromatic carbocycles. The molecule has 0 spiro atoms. The van der Waals surface area contributed by atoms with Crippen molar-refractivity contribution in [3.05, 3.63) is 68.9 Å². The zero-order chi connectivity index (χ0) is 17.9. The first-order valence-electron chi connectivity index (χ1n) is 8.09. The topological polar surface area (TPSA) is 86.2 Å². The van der Waals surface area contributed by atoms with Crippen molar-refractivity contribution in [2.45, 2.75) is 30.7 Å². The van der Waals surface area contributed by atoms with Gasteiger partial charge in [-0.15, -0.1) is 10.2 Å². The Morgan fingerprint density at radius 2 is 2.08 bits per heavy atom. The Kier molecular flexibility index (Phi) is 4.81. The molecule has 0 aliphatic rings. The quantitative estimate of drug-likeness (QED) is 0.472. The fourth-order valence-electron chi connectivity index (χ4n) is 2.39. The van der Waals surface area contributed by atoms with E-state index < -0.39 is 0 Å². The molecule has 0 amide bonds. The predicted molar refractivity (Wildman–Crippen MR) is 99.6 cm³/mol. The molecule has 0 fully saturated rings. The summed E-state index contributed by atoms with van der Waals surface area (Å²) < 4.78 is 7.02. The predicted octanol–water partition coefficient (Wildman–Crippen LogP) is 2.98. The summed E-state index contributed by atoms with van der Waals surface area (Å²) in [6.07, 6.45) is 1.38. The van der Waals surface area contributed by atoms with Crippen LogP contribution in [0.2, 0.25) is 0 Å². The molecular formula is C17H15N5O2S2. The highest BCUT2D eigenvalue weighted by molar-refractivity contribution is 7.98. The van der Waals surface area contributed by atoms with Crippen LogP contribution < -0.4 is 5.56 Å². The molecule has 0 atom stereocenters. The second-order valence-corrected chi connectivity index (χ2v) is 7.51. The van der Waals surface area contributed by atoms with Gasteiger partial charge < -0.3 is 4.42 Å². The standard InChI is InChI=1S/C17H15N5O2S2/c1-2-14-21-22-15(23)9-12(18-16(22)26-14)10-25-17-20-19-13(24-17)8-11-6-4-3-5-7-11/h3-7,9H,2,8,10H2,1H3. The van der Waals surface area contributed by atoms with Crippen molar-refractivity contribution in [1.82, 2.24) is 24.8 Å². The molecule has 4 rings (SSSR count). The Balaban J connectivity index is 1.46. The van der Waals surface area contributed by atoms with Crippen molar-refractivity contribution in [2.24, 2.45) is 0 Å². The van der Waals surface area contributed by atoms with E-state index in [1.165, 1.54) is 33.7 Å². The minimum Gasteiger partial charge on any atom is -0.416 e. The lowest BCUT2D eigenvalue weighted by Crippen LogP contribution is -2.15. The SMILES string of the molecule is CCc1nn2c(=O)cc(CSc3nnc(Cc4ccccc4)o3)nc2s1. The second kappa shape index (κ2) is 7.38. The zero-order valence-electron chi connectivity index (χ0n) is 14.0. The number of rotatable bonds is 6. The van der Waals surface area contributed by atoms with Gasteiger partial charge in [-0.05, 0) is 12.0 Å². The van der Waals surface area contributed by atoms with E-state index in [0.717, 1.165) is 17.0 Å². The van der Waals surface area contributed by atoms with E-state index in [-0.39, 0.29) is 5.56 Å². The van der Waals surface area contributed by atoms with Crippen molar-refractivity contribution in [3.8, 4) is 0 Å². The fraction of sp³-hybridized carbons (Fsp3) is 0.235. The third-order valence-electron chi connectivity index (χ3n) is 3.63. The van der Waals surface area contributed by atoms with Gasteiger partial charge in [0.15, 0.2) is 0 Å². The summed E-state index contributed by atoms with van der Waals surface area (Å²) in [5, 5.41) is 13.7. The molecule has 0 N–H and O–H groups in total. The third kappa shape index (κ3) is 3.68. The minimum atomic E-state index is -0.170. The Morgan fingerprint density at radius 1 is 1.23 bits per heavy atom. The van der Waals surface area contributed by atoms with Gasteiger partial charge in [-0.25, -0.2) is 4.98 Å². The van der Waals surface area contributed by atoms with Gasteiger partial charge in [0.1, 0.15) is 5.01 Å². The van der Waals surface area contributed by atoms with Crippen LogP contribution in [0.4, 0.5) is 0 Å². The molecule has 4 aromatic rings. The number of fused-ring (bicyclic) bond motifs is 1. The van der Waals surface area contributed by atoms with Crippen LogP contribution in [0.3, 0.4) is 0 Å². The number of aryl methyl sites for hydroxylation is 1. The summed E-state index contributed by atoms with van der Waals surface area (Å²) in [4.78, 5) is 17.3. The van der Waals surface area contributed by atoms with Crippen LogP contribution in [0.25, 0.3) is 4.96 Å². The van der Waals surface area contributed by atoms with Crippen molar-refractivity contribution in [1.29, 1.82) is 0 Å². The molecule has 0 aliphatic carbocycles. The van der Waals surface area contributed by atoms with Crippen LogP contribution in [0.5, 0.6) is 0 Å². The Bertz CT molecular complexity index is 1090. The van der Waals surface area contributed by atoms with Crippen LogP contribution in [0.15, 0.2) is 50.8 Å². The molecule has 3 aromatic heterocycles. The Hall–Kier alpha value is -2.52. The first-order chi connectivity index (χ1) is 12.7.